The van der Waals surface area contributed by atoms with Crippen molar-refractivity contribution in [2.75, 3.05) is 33.8 Å². The van der Waals surface area contributed by atoms with Gasteiger partial charge in [-0.1, -0.05) is 0 Å². The molecule has 1 saturated heterocycles. The summed E-state index contributed by atoms with van der Waals surface area (Å²) in [4.78, 5) is 23.6. The lowest BCUT2D eigenvalue weighted by Crippen LogP contribution is -2.34. The molecular formula is C27H25F2N5O2S. The molecule has 37 heavy (non-hydrogen) atoms. The van der Waals surface area contributed by atoms with E-state index in [0.717, 1.165) is 45.7 Å². The number of rotatable bonds is 4. The van der Waals surface area contributed by atoms with E-state index in [-0.39, 0.29) is 11.6 Å². The SMILES string of the molecule is CN(C)[C@H]1CCN(C(=O)c2ccc3c(c2)-c2sc(-c4ncnn4-c4ccc(F)cc4F)cc2CCO3)C1. The van der Waals surface area contributed by atoms with Crippen LogP contribution >= 0.6 is 11.3 Å². The summed E-state index contributed by atoms with van der Waals surface area (Å²) in [6, 6.07) is 11.4. The average molecular weight is 522 g/mol. The highest BCUT2D eigenvalue weighted by Crippen LogP contribution is 2.44. The minimum Gasteiger partial charge on any atom is -0.493 e. The number of amides is 1. The van der Waals surface area contributed by atoms with E-state index in [1.54, 1.807) is 0 Å². The van der Waals surface area contributed by atoms with Crippen LogP contribution in [-0.4, -0.2) is 70.3 Å². The molecule has 1 amide bonds. The molecule has 4 heterocycles. The highest BCUT2D eigenvalue weighted by Gasteiger charge is 2.29. The Morgan fingerprint density at radius 1 is 1.16 bits per heavy atom. The summed E-state index contributed by atoms with van der Waals surface area (Å²) in [7, 11) is 4.08. The summed E-state index contributed by atoms with van der Waals surface area (Å²) in [5.74, 6) is -0.169. The van der Waals surface area contributed by atoms with E-state index in [4.69, 9.17) is 4.74 Å². The van der Waals surface area contributed by atoms with E-state index >= 15 is 0 Å². The quantitative estimate of drug-likeness (QED) is 0.391. The number of thiophene rings is 1. The van der Waals surface area contributed by atoms with Crippen molar-refractivity contribution in [3.63, 3.8) is 0 Å². The van der Waals surface area contributed by atoms with Crippen LogP contribution in [0.5, 0.6) is 5.75 Å². The van der Waals surface area contributed by atoms with Crippen LogP contribution in [0.25, 0.3) is 26.8 Å². The highest BCUT2D eigenvalue weighted by atomic mass is 32.1. The molecule has 190 valence electrons. The summed E-state index contributed by atoms with van der Waals surface area (Å²) in [6.07, 6.45) is 2.99. The smallest absolute Gasteiger partial charge is 0.253 e. The van der Waals surface area contributed by atoms with Crippen molar-refractivity contribution < 1.29 is 18.3 Å². The van der Waals surface area contributed by atoms with Gasteiger partial charge in [0, 0.05) is 47.6 Å². The normalized spacial score (nSPS) is 16.9. The van der Waals surface area contributed by atoms with Crippen molar-refractivity contribution in [1.29, 1.82) is 0 Å². The molecule has 10 heteroatoms. The number of hydrogen-bond donors (Lipinski definition) is 0. The van der Waals surface area contributed by atoms with E-state index in [0.29, 0.717) is 37.0 Å². The van der Waals surface area contributed by atoms with Gasteiger partial charge in [0.05, 0.1) is 11.5 Å². The van der Waals surface area contributed by atoms with E-state index in [1.165, 1.54) is 34.5 Å². The number of hydrogen-bond acceptors (Lipinski definition) is 6. The maximum atomic E-state index is 14.5. The molecule has 0 spiro atoms. The first kappa shape index (κ1) is 23.7. The number of fused-ring (bicyclic) bond motifs is 3. The van der Waals surface area contributed by atoms with Crippen LogP contribution in [-0.2, 0) is 6.42 Å². The lowest BCUT2D eigenvalue weighted by atomic mass is 10.0. The van der Waals surface area contributed by atoms with Crippen LogP contribution in [0.15, 0.2) is 48.8 Å². The Kier molecular flexibility index (Phi) is 6.00. The average Bonchev–Trinajstić information content (AvgIpc) is 3.62. The first-order valence-electron chi connectivity index (χ1n) is 12.1. The Morgan fingerprint density at radius 3 is 2.81 bits per heavy atom. The fraction of sp³-hybridized carbons (Fsp3) is 0.296. The summed E-state index contributed by atoms with van der Waals surface area (Å²) in [5, 5.41) is 4.19. The molecule has 0 N–H and O–H groups in total. The minimum atomic E-state index is -0.717. The van der Waals surface area contributed by atoms with E-state index in [9.17, 15) is 13.6 Å². The Balaban J connectivity index is 1.37. The largest absolute Gasteiger partial charge is 0.493 e. The van der Waals surface area contributed by atoms with Gasteiger partial charge in [-0.15, -0.1) is 11.3 Å². The molecule has 2 aliphatic rings. The predicted octanol–water partition coefficient (Wildman–Crippen LogP) is 4.65. The number of ether oxygens (including phenoxy) is 1. The van der Waals surface area contributed by atoms with Gasteiger partial charge in [0.15, 0.2) is 11.6 Å². The number of likely N-dealkylation sites (N-methyl/N-ethyl adjacent to an activating group) is 1. The van der Waals surface area contributed by atoms with Crippen molar-refractivity contribution in [2.24, 2.45) is 0 Å². The second-order valence-electron chi connectivity index (χ2n) is 9.52. The van der Waals surface area contributed by atoms with Crippen LogP contribution in [0.4, 0.5) is 8.78 Å². The molecule has 2 aromatic carbocycles. The zero-order chi connectivity index (χ0) is 25.7. The number of carbonyl (C=O) groups excluding carboxylic acids is 1. The van der Waals surface area contributed by atoms with E-state index < -0.39 is 11.6 Å². The van der Waals surface area contributed by atoms with Crippen LogP contribution in [0.3, 0.4) is 0 Å². The van der Waals surface area contributed by atoms with Gasteiger partial charge in [-0.25, -0.2) is 18.4 Å². The molecule has 0 bridgehead atoms. The van der Waals surface area contributed by atoms with Gasteiger partial charge in [-0.05, 0) is 62.5 Å². The fourth-order valence-corrected chi connectivity index (χ4v) is 6.17. The zero-order valence-corrected chi connectivity index (χ0v) is 21.3. The first-order valence-corrected chi connectivity index (χ1v) is 12.9. The molecule has 0 saturated carbocycles. The van der Waals surface area contributed by atoms with Gasteiger partial charge < -0.3 is 14.5 Å². The van der Waals surface area contributed by atoms with Gasteiger partial charge in [-0.3, -0.25) is 4.79 Å². The molecule has 2 aromatic heterocycles. The van der Waals surface area contributed by atoms with Crippen molar-refractivity contribution in [3.8, 4) is 32.6 Å². The molecule has 1 fully saturated rings. The summed E-state index contributed by atoms with van der Waals surface area (Å²) in [5.41, 5.74) is 2.67. The van der Waals surface area contributed by atoms with Crippen molar-refractivity contribution in [3.05, 3.63) is 71.6 Å². The maximum absolute atomic E-state index is 14.5. The Morgan fingerprint density at radius 2 is 2.03 bits per heavy atom. The fourth-order valence-electron chi connectivity index (χ4n) is 4.96. The lowest BCUT2D eigenvalue weighted by Gasteiger charge is -2.21. The molecule has 7 nitrogen and oxygen atoms in total. The number of carbonyl (C=O) groups is 1. The Bertz CT molecular complexity index is 1500. The monoisotopic (exact) mass is 521 g/mol. The van der Waals surface area contributed by atoms with Gasteiger partial charge >= 0.3 is 0 Å². The van der Waals surface area contributed by atoms with Crippen LogP contribution in [0.2, 0.25) is 0 Å². The topological polar surface area (TPSA) is 63.5 Å². The maximum Gasteiger partial charge on any atom is 0.253 e. The highest BCUT2D eigenvalue weighted by molar-refractivity contribution is 7.19. The number of nitrogens with zero attached hydrogens (tertiary/aromatic N) is 5. The molecule has 2 aliphatic heterocycles. The molecule has 0 unspecified atom stereocenters. The summed E-state index contributed by atoms with van der Waals surface area (Å²) in [6.45, 7) is 1.95. The Hall–Kier alpha value is -3.63. The van der Waals surface area contributed by atoms with Crippen molar-refractivity contribution >= 4 is 17.2 Å². The molecular weight excluding hydrogens is 496 g/mol. The third kappa shape index (κ3) is 4.30. The third-order valence-electron chi connectivity index (χ3n) is 7.00. The first-order chi connectivity index (χ1) is 17.9. The van der Waals surface area contributed by atoms with E-state index in [2.05, 4.69) is 15.0 Å². The minimum absolute atomic E-state index is 0.0151. The van der Waals surface area contributed by atoms with Crippen LogP contribution < -0.4 is 4.74 Å². The van der Waals surface area contributed by atoms with Gasteiger partial charge in [0.1, 0.15) is 23.6 Å². The molecule has 6 rings (SSSR count). The van der Waals surface area contributed by atoms with Gasteiger partial charge in [0.2, 0.25) is 0 Å². The number of benzene rings is 2. The second-order valence-corrected chi connectivity index (χ2v) is 10.6. The van der Waals surface area contributed by atoms with Crippen LogP contribution in [0.1, 0.15) is 22.3 Å². The zero-order valence-electron chi connectivity index (χ0n) is 20.4. The molecule has 0 radical (unpaired) electrons. The van der Waals surface area contributed by atoms with Crippen LogP contribution in [0, 0.1) is 11.6 Å². The van der Waals surface area contributed by atoms with Crippen molar-refractivity contribution in [2.45, 2.75) is 18.9 Å². The standard InChI is InChI=1S/C27H25F2N5O2S/c1-32(2)19-7-9-33(14-19)27(35)17-3-6-23-20(11-17)25-16(8-10-36-23)12-24(37-25)26-30-15-31-34(26)22-5-4-18(28)13-21(22)29/h3-6,11-13,15,19H,7-10,14H2,1-2H3/t19-/m0/s1. The number of aromatic nitrogens is 3. The van der Waals surface area contributed by atoms with Gasteiger partial charge in [-0.2, -0.15) is 5.10 Å². The van der Waals surface area contributed by atoms with Crippen molar-refractivity contribution in [1.82, 2.24) is 24.6 Å². The summed E-state index contributed by atoms with van der Waals surface area (Å²) < 4.78 is 35.4. The lowest BCUT2D eigenvalue weighted by molar-refractivity contribution is 0.0783. The second kappa shape index (κ2) is 9.35. The van der Waals surface area contributed by atoms with E-state index in [1.807, 2.05) is 43.3 Å². The Labute approximate surface area is 216 Å². The number of halogens is 2. The predicted molar refractivity (Wildman–Crippen MR) is 137 cm³/mol. The molecule has 4 aromatic rings. The third-order valence-corrected chi connectivity index (χ3v) is 8.20. The van der Waals surface area contributed by atoms with Gasteiger partial charge in [0.25, 0.3) is 5.91 Å². The summed E-state index contributed by atoms with van der Waals surface area (Å²) >= 11 is 1.49. The number of likely N-dealkylation sites (tertiary alicyclic amines) is 1. The molecule has 1 atom stereocenters. The molecule has 0 aliphatic carbocycles.